The molecular weight excluding hydrogens is 260 g/mol. The summed E-state index contributed by atoms with van der Waals surface area (Å²) in [5.74, 6) is -0.689. The third-order valence-electron chi connectivity index (χ3n) is 2.72. The third-order valence-corrected chi connectivity index (χ3v) is 2.72. The van der Waals surface area contributed by atoms with Gasteiger partial charge in [-0.3, -0.25) is 14.9 Å². The van der Waals surface area contributed by atoms with Crippen molar-refractivity contribution in [2.45, 2.75) is 45.1 Å². The van der Waals surface area contributed by atoms with Gasteiger partial charge in [-0.2, -0.15) is 4.89 Å². The van der Waals surface area contributed by atoms with Crippen molar-refractivity contribution >= 4 is 11.8 Å². The Balaban J connectivity index is 2.09. The zero-order valence-corrected chi connectivity index (χ0v) is 11.8. The van der Waals surface area contributed by atoms with E-state index >= 15 is 0 Å². The minimum atomic E-state index is -0.452. The minimum Gasteiger partial charge on any atom is -0.316 e. The summed E-state index contributed by atoms with van der Waals surface area (Å²) in [6, 6.07) is 5.14. The van der Waals surface area contributed by atoms with Gasteiger partial charge in [-0.15, -0.1) is 0 Å². The maximum absolute atomic E-state index is 11.8. The average Bonchev–Trinajstić information content (AvgIpc) is 2.36. The Kier molecular flexibility index (Phi) is 4.04. The van der Waals surface area contributed by atoms with Crippen LogP contribution in [-0.4, -0.2) is 22.4 Å². The van der Waals surface area contributed by atoms with E-state index in [0.29, 0.717) is 24.4 Å². The van der Waals surface area contributed by atoms with Gasteiger partial charge in [0.2, 0.25) is 11.8 Å². The van der Waals surface area contributed by atoms with Crippen molar-refractivity contribution < 1.29 is 19.4 Å². The van der Waals surface area contributed by atoms with Gasteiger partial charge < -0.3 is 4.89 Å². The molecule has 1 aliphatic rings. The Morgan fingerprint density at radius 3 is 2.70 bits per heavy atom. The standard InChI is InChI=1S/C14H18N2O4/c1-14(2,3)20-19-12-6-4-5-10(15-12)9-7-8-11(17)16-13(9)18/h4-6,9H,7-8H2,1-3H3,(H,16,17,18). The fourth-order valence-corrected chi connectivity index (χ4v) is 1.81. The molecule has 1 unspecified atom stereocenters. The topological polar surface area (TPSA) is 77.5 Å². The normalized spacial score (nSPS) is 19.6. The molecule has 6 nitrogen and oxygen atoms in total. The largest absolute Gasteiger partial charge is 0.316 e. The van der Waals surface area contributed by atoms with Crippen LogP contribution in [0.5, 0.6) is 5.88 Å². The minimum absolute atomic E-state index is 0.241. The van der Waals surface area contributed by atoms with Crippen LogP contribution in [0, 0.1) is 0 Å². The Morgan fingerprint density at radius 1 is 1.30 bits per heavy atom. The zero-order chi connectivity index (χ0) is 14.8. The van der Waals surface area contributed by atoms with E-state index in [1.807, 2.05) is 20.8 Å². The second-order valence-corrected chi connectivity index (χ2v) is 5.68. The van der Waals surface area contributed by atoms with Crippen LogP contribution in [0.15, 0.2) is 18.2 Å². The smallest absolute Gasteiger partial charge is 0.256 e. The summed E-state index contributed by atoms with van der Waals surface area (Å²) >= 11 is 0. The number of hydrogen-bond acceptors (Lipinski definition) is 5. The van der Waals surface area contributed by atoms with Crippen molar-refractivity contribution in [3.63, 3.8) is 0 Å². The molecule has 1 aromatic heterocycles. The number of imide groups is 1. The predicted molar refractivity (Wildman–Crippen MR) is 70.8 cm³/mol. The molecule has 1 aliphatic heterocycles. The molecule has 0 aliphatic carbocycles. The first-order chi connectivity index (χ1) is 9.35. The van der Waals surface area contributed by atoms with Crippen LogP contribution in [0.3, 0.4) is 0 Å². The van der Waals surface area contributed by atoms with Gasteiger partial charge in [-0.25, -0.2) is 4.98 Å². The summed E-state index contributed by atoms with van der Waals surface area (Å²) in [6.45, 7) is 5.57. The van der Waals surface area contributed by atoms with Crippen LogP contribution >= 0.6 is 0 Å². The maximum atomic E-state index is 11.8. The van der Waals surface area contributed by atoms with E-state index in [-0.39, 0.29) is 11.8 Å². The summed E-state index contributed by atoms with van der Waals surface area (Å²) in [7, 11) is 0. The van der Waals surface area contributed by atoms with E-state index in [2.05, 4.69) is 10.3 Å². The van der Waals surface area contributed by atoms with Gasteiger partial charge >= 0.3 is 0 Å². The number of nitrogens with zero attached hydrogens (tertiary/aromatic N) is 1. The summed E-state index contributed by atoms with van der Waals surface area (Å²) in [5, 5.41) is 2.31. The van der Waals surface area contributed by atoms with Gasteiger partial charge in [0.05, 0.1) is 11.6 Å². The third kappa shape index (κ3) is 3.77. The molecule has 1 atom stereocenters. The van der Waals surface area contributed by atoms with E-state index in [0.717, 1.165) is 0 Å². The molecule has 1 saturated heterocycles. The van der Waals surface area contributed by atoms with Crippen molar-refractivity contribution in [2.75, 3.05) is 0 Å². The first-order valence-electron chi connectivity index (χ1n) is 6.51. The van der Waals surface area contributed by atoms with E-state index in [4.69, 9.17) is 9.78 Å². The van der Waals surface area contributed by atoms with Crippen LogP contribution in [0.1, 0.15) is 45.2 Å². The Labute approximate surface area is 117 Å². The fourth-order valence-electron chi connectivity index (χ4n) is 1.81. The molecule has 0 bridgehead atoms. The van der Waals surface area contributed by atoms with Crippen LogP contribution in [-0.2, 0) is 14.5 Å². The number of carbonyl (C=O) groups is 2. The van der Waals surface area contributed by atoms with Gasteiger partial charge in [-0.05, 0) is 33.3 Å². The number of amides is 2. The molecule has 2 heterocycles. The van der Waals surface area contributed by atoms with Crippen molar-refractivity contribution in [1.29, 1.82) is 0 Å². The van der Waals surface area contributed by atoms with E-state index in [1.165, 1.54) is 0 Å². The molecule has 0 aromatic carbocycles. The van der Waals surface area contributed by atoms with Crippen molar-refractivity contribution in [2.24, 2.45) is 0 Å². The highest BCUT2D eigenvalue weighted by atomic mass is 17.2. The monoisotopic (exact) mass is 278 g/mol. The van der Waals surface area contributed by atoms with E-state index in [9.17, 15) is 9.59 Å². The molecule has 0 radical (unpaired) electrons. The highest BCUT2D eigenvalue weighted by Crippen LogP contribution is 2.25. The van der Waals surface area contributed by atoms with Gasteiger partial charge in [-0.1, -0.05) is 6.07 Å². The van der Waals surface area contributed by atoms with Gasteiger partial charge in [0, 0.05) is 12.5 Å². The lowest BCUT2D eigenvalue weighted by Gasteiger charge is -2.21. The Hall–Kier alpha value is -1.95. The second-order valence-electron chi connectivity index (χ2n) is 5.68. The molecule has 108 valence electrons. The maximum Gasteiger partial charge on any atom is 0.256 e. The van der Waals surface area contributed by atoms with Crippen LogP contribution in [0.2, 0.25) is 0 Å². The molecule has 0 saturated carbocycles. The highest BCUT2D eigenvalue weighted by molar-refractivity contribution is 6.00. The first kappa shape index (κ1) is 14.5. The highest BCUT2D eigenvalue weighted by Gasteiger charge is 2.29. The van der Waals surface area contributed by atoms with Crippen molar-refractivity contribution in [3.05, 3.63) is 23.9 Å². The van der Waals surface area contributed by atoms with Crippen LogP contribution in [0.4, 0.5) is 0 Å². The molecule has 1 aromatic rings. The molecule has 2 amide bonds. The number of aromatic nitrogens is 1. The second kappa shape index (κ2) is 5.58. The Bertz CT molecular complexity index is 522. The number of nitrogens with one attached hydrogen (secondary N) is 1. The Morgan fingerprint density at radius 2 is 2.05 bits per heavy atom. The molecule has 1 N–H and O–H groups in total. The quantitative estimate of drug-likeness (QED) is 0.517. The first-order valence-corrected chi connectivity index (χ1v) is 6.51. The number of rotatable bonds is 3. The molecule has 6 heteroatoms. The summed E-state index contributed by atoms with van der Waals surface area (Å²) in [4.78, 5) is 37.5. The molecule has 20 heavy (non-hydrogen) atoms. The molecule has 0 spiro atoms. The van der Waals surface area contributed by atoms with Gasteiger partial charge in [0.1, 0.15) is 5.60 Å². The predicted octanol–water partition coefficient (Wildman–Crippen LogP) is 1.71. The van der Waals surface area contributed by atoms with Gasteiger partial charge in [0.25, 0.3) is 5.88 Å². The van der Waals surface area contributed by atoms with Gasteiger partial charge in [0.15, 0.2) is 0 Å². The van der Waals surface area contributed by atoms with E-state index < -0.39 is 11.5 Å². The molecule has 2 rings (SSSR count). The number of hydrogen-bond donors (Lipinski definition) is 1. The number of pyridine rings is 1. The lowest BCUT2D eigenvalue weighted by molar-refractivity contribution is -0.277. The zero-order valence-electron chi connectivity index (χ0n) is 11.8. The van der Waals surface area contributed by atoms with Crippen LogP contribution in [0.25, 0.3) is 0 Å². The summed E-state index contributed by atoms with van der Waals surface area (Å²) in [6.07, 6.45) is 0.781. The van der Waals surface area contributed by atoms with E-state index in [1.54, 1.807) is 18.2 Å². The number of piperidine rings is 1. The van der Waals surface area contributed by atoms with Crippen molar-refractivity contribution in [1.82, 2.24) is 10.3 Å². The van der Waals surface area contributed by atoms with Crippen LogP contribution < -0.4 is 10.2 Å². The lowest BCUT2D eigenvalue weighted by Crippen LogP contribution is -2.39. The fraction of sp³-hybridized carbons (Fsp3) is 0.500. The average molecular weight is 278 g/mol. The molecule has 1 fully saturated rings. The summed E-state index contributed by atoms with van der Waals surface area (Å²) < 4.78 is 0. The lowest BCUT2D eigenvalue weighted by atomic mass is 9.94. The SMILES string of the molecule is CC(C)(C)OOc1cccc(C2CCC(=O)NC2=O)n1. The number of carbonyl (C=O) groups excluding carboxylic acids is 2. The van der Waals surface area contributed by atoms with Crippen molar-refractivity contribution in [3.8, 4) is 5.88 Å². The summed E-state index contributed by atoms with van der Waals surface area (Å²) in [5.41, 5.74) is 0.122. The molecular formula is C14H18N2O4.